The molecule has 1 N–H and O–H groups in total. The molecule has 0 heterocycles. The second kappa shape index (κ2) is 5.32. The van der Waals surface area contributed by atoms with Gasteiger partial charge in [0.05, 0.1) is 0 Å². The minimum atomic E-state index is -0.922. The molecule has 12 heavy (non-hydrogen) atoms. The Bertz CT molecular complexity index is 267. The molecule has 0 aliphatic rings. The first-order valence-corrected chi connectivity index (χ1v) is 3.25. The van der Waals surface area contributed by atoms with Crippen molar-refractivity contribution in [2.45, 2.75) is 0 Å². The van der Waals surface area contributed by atoms with Crippen LogP contribution in [0.1, 0.15) is 5.56 Å². The average molecular weight is 180 g/mol. The van der Waals surface area contributed by atoms with Gasteiger partial charge in [-0.1, -0.05) is 30.3 Å². The molecule has 3 heteroatoms. The highest BCUT2D eigenvalue weighted by molar-refractivity contribution is 5.85. The number of carboxylic acid groups (broad SMARTS) is 1. The number of hydrogen-bond donors (Lipinski definition) is 1. The van der Waals surface area contributed by atoms with Gasteiger partial charge < -0.3 is 5.11 Å². The van der Waals surface area contributed by atoms with E-state index in [0.29, 0.717) is 0 Å². The lowest BCUT2D eigenvalue weighted by Crippen LogP contribution is -1.85. The molecule has 0 aromatic heterocycles. The zero-order valence-electron chi connectivity index (χ0n) is 5.90. The van der Waals surface area contributed by atoms with Crippen LogP contribution < -0.4 is 0 Å². The molecule has 1 rings (SSSR count). The fourth-order valence-corrected chi connectivity index (χ4v) is 0.732. The maximum atomic E-state index is 10.1. The van der Waals surface area contributed by atoms with Crippen LogP contribution in [0.3, 0.4) is 0 Å². The number of aliphatic carboxylic acids is 1. The summed E-state index contributed by atoms with van der Waals surface area (Å²) in [5.41, 5.74) is 0.898. The van der Waals surface area contributed by atoms with E-state index >= 15 is 0 Å². The smallest absolute Gasteiger partial charge is 0.328 e. The molecule has 0 bridgehead atoms. The van der Waals surface area contributed by atoms with Crippen LogP contribution in [0.5, 0.6) is 0 Å². The third kappa shape index (κ3) is 3.73. The predicted molar refractivity (Wildman–Crippen MR) is 54.4 cm³/mol. The molecule has 0 saturated carbocycles. The van der Waals surface area contributed by atoms with Crippen molar-refractivity contribution in [3.05, 3.63) is 42.0 Å². The SMILES string of the molecule is O=C(O)C=Cc1ccccc1.[SiH4]. The van der Waals surface area contributed by atoms with Crippen molar-refractivity contribution in [2.24, 2.45) is 0 Å². The van der Waals surface area contributed by atoms with Crippen molar-refractivity contribution in [1.29, 1.82) is 0 Å². The van der Waals surface area contributed by atoms with E-state index < -0.39 is 5.97 Å². The number of benzene rings is 1. The first-order chi connectivity index (χ1) is 5.29. The molecule has 0 unspecified atom stereocenters. The van der Waals surface area contributed by atoms with E-state index in [9.17, 15) is 4.79 Å². The van der Waals surface area contributed by atoms with Crippen LogP contribution in [0.25, 0.3) is 6.08 Å². The van der Waals surface area contributed by atoms with Crippen molar-refractivity contribution in [1.82, 2.24) is 0 Å². The molecule has 0 fully saturated rings. The largest absolute Gasteiger partial charge is 0.478 e. The Balaban J connectivity index is 0.00000121. The van der Waals surface area contributed by atoms with Gasteiger partial charge in [0.25, 0.3) is 0 Å². The lowest BCUT2D eigenvalue weighted by molar-refractivity contribution is -0.131. The van der Waals surface area contributed by atoms with Crippen molar-refractivity contribution in [3.8, 4) is 0 Å². The van der Waals surface area contributed by atoms with Crippen LogP contribution in [0, 0.1) is 0 Å². The minimum Gasteiger partial charge on any atom is -0.478 e. The standard InChI is InChI=1S/C9H8O2.H4Si/c10-9(11)7-6-8-4-2-1-3-5-8;/h1-7H,(H,10,11);1H4. The summed E-state index contributed by atoms with van der Waals surface area (Å²) in [6.07, 6.45) is 2.68. The highest BCUT2D eigenvalue weighted by atomic mass is 28.1. The Morgan fingerprint density at radius 2 is 1.83 bits per heavy atom. The second-order valence-electron chi connectivity index (χ2n) is 2.08. The third-order valence-electron chi connectivity index (χ3n) is 1.22. The van der Waals surface area contributed by atoms with Crippen molar-refractivity contribution in [3.63, 3.8) is 0 Å². The Morgan fingerprint density at radius 1 is 1.25 bits per heavy atom. The van der Waals surface area contributed by atoms with E-state index in [-0.39, 0.29) is 11.0 Å². The molecule has 0 aliphatic carbocycles. The molecule has 0 radical (unpaired) electrons. The molecule has 64 valence electrons. The van der Waals surface area contributed by atoms with Crippen molar-refractivity contribution < 1.29 is 9.90 Å². The molecule has 2 nitrogen and oxygen atoms in total. The summed E-state index contributed by atoms with van der Waals surface area (Å²) in [5, 5.41) is 8.29. The molecule has 0 aliphatic heterocycles. The minimum absolute atomic E-state index is 0. The fourth-order valence-electron chi connectivity index (χ4n) is 0.732. The lowest BCUT2D eigenvalue weighted by atomic mass is 10.2. The monoisotopic (exact) mass is 180 g/mol. The van der Waals surface area contributed by atoms with E-state index in [2.05, 4.69) is 0 Å². The van der Waals surface area contributed by atoms with Crippen molar-refractivity contribution in [2.75, 3.05) is 0 Å². The van der Waals surface area contributed by atoms with Gasteiger partial charge in [0.15, 0.2) is 0 Å². The fraction of sp³-hybridized carbons (Fsp3) is 0. The molecule has 0 amide bonds. The van der Waals surface area contributed by atoms with Crippen LogP contribution >= 0.6 is 0 Å². The number of hydrogen-bond acceptors (Lipinski definition) is 1. The summed E-state index contributed by atoms with van der Waals surface area (Å²) in [6, 6.07) is 9.31. The van der Waals surface area contributed by atoms with Gasteiger partial charge in [-0.05, 0) is 22.6 Å². The Labute approximate surface area is 75.6 Å². The third-order valence-corrected chi connectivity index (χ3v) is 1.22. The maximum absolute atomic E-state index is 10.1. The zero-order valence-corrected chi connectivity index (χ0v) is 5.90. The first kappa shape index (κ1) is 10.6. The van der Waals surface area contributed by atoms with Gasteiger partial charge in [-0.25, -0.2) is 4.79 Å². The van der Waals surface area contributed by atoms with Crippen LogP contribution in [0.2, 0.25) is 0 Å². The van der Waals surface area contributed by atoms with E-state index in [1.807, 2.05) is 30.3 Å². The summed E-state index contributed by atoms with van der Waals surface area (Å²) in [6.45, 7) is 0. The summed E-state index contributed by atoms with van der Waals surface area (Å²) in [7, 11) is 0. The zero-order chi connectivity index (χ0) is 8.10. The molecule has 1 aromatic carbocycles. The van der Waals surface area contributed by atoms with Crippen LogP contribution in [-0.4, -0.2) is 22.0 Å². The quantitative estimate of drug-likeness (QED) is 0.526. The number of carboxylic acids is 1. The summed E-state index contributed by atoms with van der Waals surface area (Å²) in [5.74, 6) is -0.922. The highest BCUT2D eigenvalue weighted by Gasteiger charge is 1.85. The van der Waals surface area contributed by atoms with Gasteiger partial charge in [-0.2, -0.15) is 0 Å². The van der Waals surface area contributed by atoms with Crippen LogP contribution in [-0.2, 0) is 4.79 Å². The highest BCUT2D eigenvalue weighted by Crippen LogP contribution is 1.99. The molecular weight excluding hydrogens is 168 g/mol. The van der Waals surface area contributed by atoms with Crippen LogP contribution in [0.15, 0.2) is 36.4 Å². The average Bonchev–Trinajstić information content (AvgIpc) is 2.03. The van der Waals surface area contributed by atoms with E-state index in [0.717, 1.165) is 11.6 Å². The predicted octanol–water partition coefficient (Wildman–Crippen LogP) is 0.333. The van der Waals surface area contributed by atoms with E-state index in [1.165, 1.54) is 0 Å². The van der Waals surface area contributed by atoms with Gasteiger partial charge in [-0.3, -0.25) is 0 Å². The van der Waals surface area contributed by atoms with Gasteiger partial charge in [0, 0.05) is 6.08 Å². The molecule has 1 aromatic rings. The topological polar surface area (TPSA) is 37.3 Å². The van der Waals surface area contributed by atoms with Gasteiger partial charge in [0.2, 0.25) is 0 Å². The Morgan fingerprint density at radius 3 is 2.33 bits per heavy atom. The normalized spacial score (nSPS) is 9.33. The van der Waals surface area contributed by atoms with Gasteiger partial charge in [0.1, 0.15) is 0 Å². The van der Waals surface area contributed by atoms with E-state index in [1.54, 1.807) is 6.08 Å². The lowest BCUT2D eigenvalue weighted by Gasteiger charge is -1.87. The Hall–Kier alpha value is -1.35. The number of carbonyl (C=O) groups is 1. The molecule has 0 saturated heterocycles. The van der Waals surface area contributed by atoms with Crippen molar-refractivity contribution >= 4 is 23.0 Å². The molecule has 0 spiro atoms. The maximum Gasteiger partial charge on any atom is 0.328 e. The van der Waals surface area contributed by atoms with Gasteiger partial charge in [-0.15, -0.1) is 0 Å². The summed E-state index contributed by atoms with van der Waals surface area (Å²) >= 11 is 0. The Kier molecular flexibility index (Phi) is 4.72. The van der Waals surface area contributed by atoms with E-state index in [4.69, 9.17) is 5.11 Å². The molecule has 0 atom stereocenters. The summed E-state index contributed by atoms with van der Waals surface area (Å²) in [4.78, 5) is 10.1. The van der Waals surface area contributed by atoms with Crippen LogP contribution in [0.4, 0.5) is 0 Å². The molecular formula is C9H12O2Si. The number of rotatable bonds is 2. The first-order valence-electron chi connectivity index (χ1n) is 3.25. The second-order valence-corrected chi connectivity index (χ2v) is 2.08. The summed E-state index contributed by atoms with van der Waals surface area (Å²) < 4.78 is 0. The van der Waals surface area contributed by atoms with Gasteiger partial charge >= 0.3 is 5.97 Å².